The fourth-order valence-corrected chi connectivity index (χ4v) is 2.22. The third-order valence-corrected chi connectivity index (χ3v) is 3.75. The molecule has 0 spiro atoms. The lowest BCUT2D eigenvalue weighted by Crippen LogP contribution is -2.41. The Bertz CT molecular complexity index is 442. The molecule has 5 heteroatoms. The molecular weight excluding hydrogens is 262 g/mol. The van der Waals surface area contributed by atoms with E-state index in [9.17, 15) is 8.42 Å². The van der Waals surface area contributed by atoms with Crippen LogP contribution in [-0.4, -0.2) is 15.0 Å². The van der Waals surface area contributed by atoms with Crippen molar-refractivity contribution in [3.8, 4) is 0 Å². The van der Waals surface area contributed by atoms with E-state index in [4.69, 9.17) is 4.18 Å². The largest absolute Gasteiger partial charge is 0.343 e. The van der Waals surface area contributed by atoms with Crippen molar-refractivity contribution in [2.24, 2.45) is 0 Å². The van der Waals surface area contributed by atoms with E-state index in [1.54, 1.807) is 18.2 Å². The first kappa shape index (κ1) is 18.1. The van der Waals surface area contributed by atoms with Crippen LogP contribution in [-0.2, 0) is 14.3 Å². The quantitative estimate of drug-likeness (QED) is 0.497. The first-order chi connectivity index (χ1) is 8.99. The number of quaternary nitrogens is 1. The monoisotopic (exact) mass is 287 g/mol. The molecule has 0 aliphatic heterocycles. The average molecular weight is 287 g/mol. The third kappa shape index (κ3) is 7.30. The van der Waals surface area contributed by atoms with E-state index in [2.05, 4.69) is 19.6 Å². The maximum Gasteiger partial charge on any atom is 0.302 e. The van der Waals surface area contributed by atoms with Crippen LogP contribution in [0.3, 0.4) is 0 Å². The zero-order valence-electron chi connectivity index (χ0n) is 11.9. The minimum absolute atomic E-state index is 0.154. The van der Waals surface area contributed by atoms with Crippen molar-refractivity contribution in [1.29, 1.82) is 0 Å². The number of unbranched alkanes of at least 4 members (excludes halogenated alkanes) is 2. The summed E-state index contributed by atoms with van der Waals surface area (Å²) in [7, 11) is -3.63. The minimum Gasteiger partial charge on any atom is -0.343 e. The highest BCUT2D eigenvalue weighted by molar-refractivity contribution is 7.87. The maximum absolute atomic E-state index is 11.7. The van der Waals surface area contributed by atoms with Crippen LogP contribution in [0.25, 0.3) is 0 Å². The lowest BCUT2D eigenvalue weighted by molar-refractivity contribution is -0.258. The Balaban J connectivity index is 0.000000711. The molecule has 0 aliphatic rings. The van der Waals surface area contributed by atoms with Gasteiger partial charge in [-0.05, 0) is 12.5 Å². The minimum atomic E-state index is -3.63. The summed E-state index contributed by atoms with van der Waals surface area (Å²) in [5, 5.41) is 0. The summed E-state index contributed by atoms with van der Waals surface area (Å²) in [6.45, 7) is 7.93. The van der Waals surface area contributed by atoms with E-state index < -0.39 is 10.1 Å². The van der Waals surface area contributed by atoms with Crippen LogP contribution in [0.1, 0.15) is 39.5 Å². The molecule has 0 unspecified atom stereocenters. The maximum atomic E-state index is 11.7. The third-order valence-electron chi connectivity index (χ3n) is 2.33. The zero-order valence-corrected chi connectivity index (χ0v) is 12.7. The van der Waals surface area contributed by atoms with Crippen molar-refractivity contribution >= 4 is 15.8 Å². The van der Waals surface area contributed by atoms with Gasteiger partial charge in [-0.3, -0.25) is 4.18 Å². The van der Waals surface area contributed by atoms with Crippen molar-refractivity contribution in [3.63, 3.8) is 0 Å². The molecule has 0 heterocycles. The van der Waals surface area contributed by atoms with Crippen LogP contribution in [0.4, 0.5) is 5.69 Å². The molecule has 4 nitrogen and oxygen atoms in total. The van der Waals surface area contributed by atoms with Crippen LogP contribution in [0.2, 0.25) is 0 Å². The first-order valence-electron chi connectivity index (χ1n) is 6.59. The summed E-state index contributed by atoms with van der Waals surface area (Å²) in [4.78, 5) is 0.154. The van der Waals surface area contributed by atoms with Gasteiger partial charge in [-0.1, -0.05) is 38.8 Å². The lowest BCUT2D eigenvalue weighted by Gasteiger charge is -2.04. The number of benzene rings is 1. The molecule has 19 heavy (non-hydrogen) atoms. The molecule has 0 saturated carbocycles. The highest BCUT2D eigenvalue weighted by atomic mass is 32.2. The molecule has 1 aromatic carbocycles. The summed E-state index contributed by atoms with van der Waals surface area (Å²) >= 11 is 0. The molecule has 0 fully saturated rings. The molecule has 0 bridgehead atoms. The highest BCUT2D eigenvalue weighted by Crippen LogP contribution is 2.18. The van der Waals surface area contributed by atoms with Gasteiger partial charge in [-0.25, -0.2) is 0 Å². The molecule has 0 aromatic heterocycles. The van der Waals surface area contributed by atoms with Gasteiger partial charge in [0.2, 0.25) is 0 Å². The number of hydrogen-bond donors (Lipinski definition) is 1. The predicted octanol–water partition coefficient (Wildman–Crippen LogP) is 2.69. The SMILES string of the molecule is CCCCOS(=O)(=O)c1ccccc1[NH3+].[CH2-]CCC. The van der Waals surface area contributed by atoms with Gasteiger partial charge in [0.25, 0.3) is 0 Å². The van der Waals surface area contributed by atoms with Gasteiger partial charge in [-0.2, -0.15) is 14.8 Å². The molecular formula is C14H25NO3S. The van der Waals surface area contributed by atoms with E-state index in [1.165, 1.54) is 12.5 Å². The predicted molar refractivity (Wildman–Crippen MR) is 77.3 cm³/mol. The van der Waals surface area contributed by atoms with Gasteiger partial charge in [0.05, 0.1) is 6.61 Å². The van der Waals surface area contributed by atoms with E-state index in [0.29, 0.717) is 5.69 Å². The van der Waals surface area contributed by atoms with E-state index in [0.717, 1.165) is 19.3 Å². The Morgan fingerprint density at radius 2 is 1.79 bits per heavy atom. The van der Waals surface area contributed by atoms with Crippen molar-refractivity contribution in [3.05, 3.63) is 31.2 Å². The van der Waals surface area contributed by atoms with Crippen molar-refractivity contribution in [2.45, 2.75) is 44.4 Å². The highest BCUT2D eigenvalue weighted by Gasteiger charge is 2.19. The van der Waals surface area contributed by atoms with Gasteiger partial charge < -0.3 is 12.7 Å². The standard InChI is InChI=1S/C10H15NO3S.C4H9/c1-2-3-8-14-15(12,13)10-7-5-4-6-9(10)11;1-3-4-2/h4-7H,2-3,8,11H2,1H3;1,3-4H2,2H3/q;-1/p+1. The molecule has 1 aromatic rings. The van der Waals surface area contributed by atoms with Gasteiger partial charge in [0.15, 0.2) is 4.90 Å². The number of hydrogen-bond acceptors (Lipinski definition) is 3. The Morgan fingerprint density at radius 1 is 1.21 bits per heavy atom. The van der Waals surface area contributed by atoms with Crippen LogP contribution < -0.4 is 5.73 Å². The summed E-state index contributed by atoms with van der Waals surface area (Å²) in [6, 6.07) is 6.55. The second kappa shape index (κ2) is 9.95. The van der Waals surface area contributed by atoms with Crippen LogP contribution in [0.5, 0.6) is 0 Å². The average Bonchev–Trinajstić information content (AvgIpc) is 2.39. The molecule has 3 N–H and O–H groups in total. The van der Waals surface area contributed by atoms with Crippen LogP contribution in [0.15, 0.2) is 29.2 Å². The van der Waals surface area contributed by atoms with E-state index in [-0.39, 0.29) is 11.5 Å². The smallest absolute Gasteiger partial charge is 0.302 e. The molecule has 0 saturated heterocycles. The van der Waals surface area contributed by atoms with Crippen molar-refractivity contribution < 1.29 is 18.3 Å². The van der Waals surface area contributed by atoms with Gasteiger partial charge in [-0.15, -0.1) is 0 Å². The molecule has 0 aliphatic carbocycles. The zero-order chi connectivity index (χ0) is 14.7. The molecule has 0 atom stereocenters. The summed E-state index contributed by atoms with van der Waals surface area (Å²) in [6.07, 6.45) is 3.92. The normalized spacial score (nSPS) is 10.7. The van der Waals surface area contributed by atoms with Crippen LogP contribution in [0, 0.1) is 6.92 Å². The van der Waals surface area contributed by atoms with E-state index in [1.807, 2.05) is 6.92 Å². The lowest BCUT2D eigenvalue weighted by atomic mass is 10.3. The Labute approximate surface area is 117 Å². The van der Waals surface area contributed by atoms with Crippen molar-refractivity contribution in [1.82, 2.24) is 0 Å². The van der Waals surface area contributed by atoms with Gasteiger partial charge in [0.1, 0.15) is 5.69 Å². The topological polar surface area (TPSA) is 71.0 Å². The fourth-order valence-electron chi connectivity index (χ4n) is 1.12. The van der Waals surface area contributed by atoms with E-state index >= 15 is 0 Å². The summed E-state index contributed by atoms with van der Waals surface area (Å²) in [5.41, 5.74) is 4.12. The second-order valence-corrected chi connectivity index (χ2v) is 5.67. The molecule has 0 radical (unpaired) electrons. The second-order valence-electron chi connectivity index (χ2n) is 4.09. The summed E-state index contributed by atoms with van der Waals surface area (Å²) < 4.78 is 28.2. The fraction of sp³-hybridized carbons (Fsp3) is 0.500. The molecule has 1 rings (SSSR count). The van der Waals surface area contributed by atoms with Crippen LogP contribution >= 0.6 is 0 Å². The molecule has 110 valence electrons. The Kier molecular flexibility index (Phi) is 9.47. The Hall–Kier alpha value is -0.910. The van der Waals surface area contributed by atoms with Crippen molar-refractivity contribution in [2.75, 3.05) is 6.61 Å². The van der Waals surface area contributed by atoms with Gasteiger partial charge >= 0.3 is 10.1 Å². The van der Waals surface area contributed by atoms with Gasteiger partial charge in [0, 0.05) is 6.07 Å². The Morgan fingerprint density at radius 3 is 2.26 bits per heavy atom. The number of rotatable bonds is 6. The molecule has 0 amide bonds. The summed E-state index contributed by atoms with van der Waals surface area (Å²) in [5.74, 6) is 0. The first-order valence-corrected chi connectivity index (χ1v) is 8.00.